The molecule has 0 atom stereocenters. The maximum absolute atomic E-state index is 11.8. The van der Waals surface area contributed by atoms with Crippen molar-refractivity contribution in [3.05, 3.63) is 5.01 Å². The molecule has 0 saturated carbocycles. The molecule has 1 aromatic rings. The topological polar surface area (TPSA) is 58.1 Å². The van der Waals surface area contributed by atoms with Gasteiger partial charge in [0.2, 0.25) is 5.13 Å². The number of amides is 2. The molecule has 0 aliphatic carbocycles. The lowest BCUT2D eigenvalue weighted by Gasteiger charge is -2.14. The van der Waals surface area contributed by atoms with E-state index in [-0.39, 0.29) is 6.03 Å². The molecular weight excluding hydrogens is 236 g/mol. The Morgan fingerprint density at radius 1 is 1.41 bits per heavy atom. The van der Waals surface area contributed by atoms with Crippen molar-refractivity contribution in [1.29, 1.82) is 0 Å². The van der Waals surface area contributed by atoms with Gasteiger partial charge in [-0.05, 0) is 18.8 Å². The number of urea groups is 1. The molecule has 1 aliphatic heterocycles. The highest BCUT2D eigenvalue weighted by molar-refractivity contribution is 7.15. The van der Waals surface area contributed by atoms with E-state index in [2.05, 4.69) is 29.4 Å². The van der Waals surface area contributed by atoms with Crippen molar-refractivity contribution < 1.29 is 4.79 Å². The molecule has 2 rings (SSSR count). The summed E-state index contributed by atoms with van der Waals surface area (Å²) in [4.78, 5) is 13.6. The Balaban J connectivity index is 1.89. The first-order valence-electron chi connectivity index (χ1n) is 6.03. The predicted octanol–water partition coefficient (Wildman–Crippen LogP) is 2.36. The minimum Gasteiger partial charge on any atom is -0.324 e. The molecule has 6 heteroatoms. The van der Waals surface area contributed by atoms with Gasteiger partial charge in [0.25, 0.3) is 0 Å². The van der Waals surface area contributed by atoms with E-state index in [0.29, 0.717) is 11.0 Å². The Morgan fingerprint density at radius 3 is 2.76 bits per heavy atom. The lowest BCUT2D eigenvalue weighted by atomic mass is 10.1. The normalized spacial score (nSPS) is 15.6. The van der Waals surface area contributed by atoms with Crippen molar-refractivity contribution in [3.63, 3.8) is 0 Å². The van der Waals surface area contributed by atoms with Crippen molar-refractivity contribution in [3.8, 4) is 0 Å². The van der Waals surface area contributed by atoms with E-state index in [0.717, 1.165) is 37.4 Å². The molecule has 1 saturated heterocycles. The van der Waals surface area contributed by atoms with Crippen LogP contribution in [0.15, 0.2) is 0 Å². The molecule has 0 aromatic carbocycles. The van der Waals surface area contributed by atoms with Gasteiger partial charge in [-0.15, -0.1) is 10.2 Å². The maximum atomic E-state index is 11.8. The molecule has 1 fully saturated rings. The van der Waals surface area contributed by atoms with Gasteiger partial charge in [-0.25, -0.2) is 4.79 Å². The summed E-state index contributed by atoms with van der Waals surface area (Å²) >= 11 is 1.47. The molecule has 17 heavy (non-hydrogen) atoms. The van der Waals surface area contributed by atoms with E-state index in [1.54, 1.807) is 0 Å². The van der Waals surface area contributed by atoms with E-state index in [9.17, 15) is 4.79 Å². The summed E-state index contributed by atoms with van der Waals surface area (Å²) in [6.45, 7) is 5.99. The molecule has 2 amide bonds. The summed E-state index contributed by atoms with van der Waals surface area (Å²) in [5, 5.41) is 12.5. The molecule has 5 nitrogen and oxygen atoms in total. The van der Waals surface area contributed by atoms with Crippen LogP contribution in [0.1, 0.15) is 31.7 Å². The van der Waals surface area contributed by atoms with Crippen LogP contribution in [0.4, 0.5) is 9.93 Å². The zero-order valence-corrected chi connectivity index (χ0v) is 11.1. The minimum absolute atomic E-state index is 0.0465. The third-order valence-corrected chi connectivity index (χ3v) is 3.52. The Bertz CT molecular complexity index is 385. The van der Waals surface area contributed by atoms with Crippen molar-refractivity contribution >= 4 is 22.5 Å². The molecule has 0 radical (unpaired) electrons. The number of rotatable bonds is 3. The first-order chi connectivity index (χ1) is 8.15. The minimum atomic E-state index is -0.0465. The van der Waals surface area contributed by atoms with Gasteiger partial charge in [-0.1, -0.05) is 25.2 Å². The van der Waals surface area contributed by atoms with Gasteiger partial charge in [-0.2, -0.15) is 0 Å². The quantitative estimate of drug-likeness (QED) is 0.901. The fourth-order valence-electron chi connectivity index (χ4n) is 1.83. The Kier molecular flexibility index (Phi) is 3.93. The Hall–Kier alpha value is -1.17. The van der Waals surface area contributed by atoms with Gasteiger partial charge in [0.05, 0.1) is 0 Å². The van der Waals surface area contributed by atoms with E-state index in [4.69, 9.17) is 0 Å². The number of nitrogens with one attached hydrogen (secondary N) is 1. The first kappa shape index (κ1) is 12.3. The number of carbonyl (C=O) groups excluding carboxylic acids is 1. The van der Waals surface area contributed by atoms with Crippen LogP contribution in [-0.4, -0.2) is 34.2 Å². The molecule has 1 N–H and O–H groups in total. The maximum Gasteiger partial charge on any atom is 0.323 e. The van der Waals surface area contributed by atoms with Crippen molar-refractivity contribution in [2.24, 2.45) is 5.92 Å². The van der Waals surface area contributed by atoms with Crippen molar-refractivity contribution in [2.75, 3.05) is 18.4 Å². The Morgan fingerprint density at radius 2 is 2.12 bits per heavy atom. The summed E-state index contributed by atoms with van der Waals surface area (Å²) in [5.41, 5.74) is 0. The van der Waals surface area contributed by atoms with Gasteiger partial charge in [0.15, 0.2) is 0 Å². The first-order valence-corrected chi connectivity index (χ1v) is 6.85. The van der Waals surface area contributed by atoms with Gasteiger partial charge >= 0.3 is 6.03 Å². The third kappa shape index (κ3) is 3.39. The number of aromatic nitrogens is 2. The Labute approximate surface area is 105 Å². The second-order valence-electron chi connectivity index (χ2n) is 4.72. The van der Waals surface area contributed by atoms with E-state index < -0.39 is 0 Å². The van der Waals surface area contributed by atoms with Crippen LogP contribution in [-0.2, 0) is 6.42 Å². The number of likely N-dealkylation sites (tertiary alicyclic amines) is 1. The smallest absolute Gasteiger partial charge is 0.323 e. The lowest BCUT2D eigenvalue weighted by Crippen LogP contribution is -2.32. The van der Waals surface area contributed by atoms with Crippen molar-refractivity contribution in [2.45, 2.75) is 33.1 Å². The second kappa shape index (κ2) is 5.44. The fourth-order valence-corrected chi connectivity index (χ4v) is 2.77. The standard InChI is InChI=1S/C11H18N4OS/c1-8(2)7-9-13-14-10(17-9)12-11(16)15-5-3-4-6-15/h8H,3-7H2,1-2H3,(H,12,14,16). The molecule has 94 valence electrons. The molecule has 2 heterocycles. The molecular formula is C11H18N4OS. The summed E-state index contributed by atoms with van der Waals surface area (Å²) in [7, 11) is 0. The summed E-state index contributed by atoms with van der Waals surface area (Å²) in [6, 6.07) is -0.0465. The van der Waals surface area contributed by atoms with E-state index in [1.165, 1.54) is 11.3 Å². The van der Waals surface area contributed by atoms with Gasteiger partial charge in [0, 0.05) is 19.5 Å². The molecule has 0 bridgehead atoms. The van der Waals surface area contributed by atoms with E-state index in [1.807, 2.05) is 4.90 Å². The number of hydrogen-bond acceptors (Lipinski definition) is 4. The molecule has 0 spiro atoms. The number of hydrogen-bond donors (Lipinski definition) is 1. The summed E-state index contributed by atoms with van der Waals surface area (Å²) < 4.78 is 0. The average molecular weight is 254 g/mol. The predicted molar refractivity (Wildman–Crippen MR) is 68.3 cm³/mol. The second-order valence-corrected chi connectivity index (χ2v) is 5.79. The van der Waals surface area contributed by atoms with Crippen LogP contribution in [0.2, 0.25) is 0 Å². The van der Waals surface area contributed by atoms with Gasteiger partial charge in [-0.3, -0.25) is 5.32 Å². The van der Waals surface area contributed by atoms with Crippen LogP contribution < -0.4 is 5.32 Å². The van der Waals surface area contributed by atoms with Crippen molar-refractivity contribution in [1.82, 2.24) is 15.1 Å². The molecule has 1 aromatic heterocycles. The SMILES string of the molecule is CC(C)Cc1nnc(NC(=O)N2CCCC2)s1. The zero-order valence-electron chi connectivity index (χ0n) is 10.3. The van der Waals surface area contributed by atoms with Crippen LogP contribution in [0.25, 0.3) is 0 Å². The average Bonchev–Trinajstić information content (AvgIpc) is 2.87. The van der Waals surface area contributed by atoms with Gasteiger partial charge < -0.3 is 4.90 Å². The molecule has 1 aliphatic rings. The number of carbonyl (C=O) groups is 1. The van der Waals surface area contributed by atoms with Crippen LogP contribution in [0.3, 0.4) is 0 Å². The monoisotopic (exact) mass is 254 g/mol. The van der Waals surface area contributed by atoms with E-state index >= 15 is 0 Å². The fraction of sp³-hybridized carbons (Fsp3) is 0.727. The summed E-state index contributed by atoms with van der Waals surface area (Å²) in [6.07, 6.45) is 3.11. The van der Waals surface area contributed by atoms with Crippen LogP contribution in [0, 0.1) is 5.92 Å². The highest BCUT2D eigenvalue weighted by Crippen LogP contribution is 2.19. The number of anilines is 1. The zero-order chi connectivity index (χ0) is 12.3. The van der Waals surface area contributed by atoms with Crippen LogP contribution >= 0.6 is 11.3 Å². The summed E-state index contributed by atoms with van der Waals surface area (Å²) in [5.74, 6) is 0.560. The number of nitrogens with zero attached hydrogens (tertiary/aromatic N) is 3. The third-order valence-electron chi connectivity index (χ3n) is 2.66. The lowest BCUT2D eigenvalue weighted by molar-refractivity contribution is 0.222. The largest absolute Gasteiger partial charge is 0.324 e. The highest BCUT2D eigenvalue weighted by Gasteiger charge is 2.19. The molecule has 0 unspecified atom stereocenters. The van der Waals surface area contributed by atoms with Gasteiger partial charge in [0.1, 0.15) is 5.01 Å². The van der Waals surface area contributed by atoms with Crippen LogP contribution in [0.5, 0.6) is 0 Å². The highest BCUT2D eigenvalue weighted by atomic mass is 32.1.